The minimum absolute atomic E-state index is 0.00850. The first kappa shape index (κ1) is 14.9. The van der Waals surface area contributed by atoms with Gasteiger partial charge in [0.15, 0.2) is 0 Å². The van der Waals surface area contributed by atoms with Crippen LogP contribution in [0.4, 0.5) is 0 Å². The van der Waals surface area contributed by atoms with Gasteiger partial charge >= 0.3 is 5.97 Å². The van der Waals surface area contributed by atoms with Gasteiger partial charge in [0.2, 0.25) is 0 Å². The van der Waals surface area contributed by atoms with E-state index >= 15 is 0 Å². The first-order valence-electron chi connectivity index (χ1n) is 6.11. The van der Waals surface area contributed by atoms with E-state index in [9.17, 15) is 14.7 Å². The molecule has 0 radical (unpaired) electrons. The molecule has 4 nitrogen and oxygen atoms in total. The van der Waals surface area contributed by atoms with Crippen molar-refractivity contribution in [3.8, 4) is 0 Å². The number of rotatable bonds is 3. The summed E-state index contributed by atoms with van der Waals surface area (Å²) in [6.07, 6.45) is 2.17. The molecule has 2 aliphatic rings. The number of thiophene rings is 1. The monoisotopic (exact) mass is 439 g/mol. The summed E-state index contributed by atoms with van der Waals surface area (Å²) >= 11 is 9.75. The summed E-state index contributed by atoms with van der Waals surface area (Å²) in [7, 11) is 0. The van der Waals surface area contributed by atoms with Crippen molar-refractivity contribution in [2.24, 2.45) is 5.92 Å². The Balaban J connectivity index is 1.92. The van der Waals surface area contributed by atoms with Crippen molar-refractivity contribution in [2.45, 2.75) is 24.3 Å². The van der Waals surface area contributed by atoms with Gasteiger partial charge in [-0.05, 0) is 56.7 Å². The zero-order valence-corrected chi connectivity index (χ0v) is 15.0. The number of hydrogen-bond acceptors (Lipinski definition) is 4. The number of carboxylic acid groups (broad SMARTS) is 1. The maximum absolute atomic E-state index is 12.7. The van der Waals surface area contributed by atoms with E-state index < -0.39 is 12.0 Å². The lowest BCUT2D eigenvalue weighted by Gasteiger charge is -2.27. The molecule has 2 heterocycles. The van der Waals surface area contributed by atoms with Crippen molar-refractivity contribution in [3.63, 3.8) is 0 Å². The Kier molecular flexibility index (Phi) is 4.18. The molecule has 1 aliphatic heterocycles. The molecule has 2 unspecified atom stereocenters. The third-order valence-corrected chi connectivity index (χ3v) is 7.27. The van der Waals surface area contributed by atoms with Crippen molar-refractivity contribution in [3.05, 3.63) is 19.2 Å². The van der Waals surface area contributed by atoms with Crippen LogP contribution in [0.1, 0.15) is 23.2 Å². The molecular weight excluding hydrogens is 430 g/mol. The summed E-state index contributed by atoms with van der Waals surface area (Å²) in [6.45, 7) is 0. The summed E-state index contributed by atoms with van der Waals surface area (Å²) in [6, 6.07) is 1.03. The second kappa shape index (κ2) is 5.62. The number of hydrogen-bond donors (Lipinski definition) is 1. The second-order valence-electron chi connectivity index (χ2n) is 4.87. The van der Waals surface area contributed by atoms with Crippen molar-refractivity contribution in [2.75, 3.05) is 5.75 Å². The van der Waals surface area contributed by atoms with Gasteiger partial charge in [-0.3, -0.25) is 4.79 Å². The number of carbonyl (C=O) groups excluding carboxylic acids is 1. The SMILES string of the molecule is O=C(O)C1CSC(C2CC2)N1C(=O)c1cc(Br)sc1Br. The average molecular weight is 441 g/mol. The molecular formula is C12H11Br2NO3S2. The zero-order valence-electron chi connectivity index (χ0n) is 10.2. The molecule has 1 saturated heterocycles. The maximum Gasteiger partial charge on any atom is 0.327 e. The fourth-order valence-electron chi connectivity index (χ4n) is 2.34. The van der Waals surface area contributed by atoms with Crippen LogP contribution in [0, 0.1) is 5.92 Å². The first-order chi connectivity index (χ1) is 9.49. The molecule has 0 spiro atoms. The highest BCUT2D eigenvalue weighted by atomic mass is 79.9. The molecule has 8 heteroatoms. The highest BCUT2D eigenvalue weighted by Crippen LogP contribution is 2.46. The van der Waals surface area contributed by atoms with Crippen molar-refractivity contribution >= 4 is 66.8 Å². The molecule has 1 aliphatic carbocycles. The zero-order chi connectivity index (χ0) is 14.4. The number of aliphatic carboxylic acids is 1. The van der Waals surface area contributed by atoms with Crippen molar-refractivity contribution < 1.29 is 14.7 Å². The Morgan fingerprint density at radius 3 is 2.55 bits per heavy atom. The Hall–Kier alpha value is -0.0500. The molecule has 2 atom stereocenters. The lowest BCUT2D eigenvalue weighted by Crippen LogP contribution is -2.46. The lowest BCUT2D eigenvalue weighted by molar-refractivity contribution is -0.141. The number of amides is 1. The molecule has 2 fully saturated rings. The van der Waals surface area contributed by atoms with Crippen LogP contribution < -0.4 is 0 Å². The van der Waals surface area contributed by atoms with E-state index in [-0.39, 0.29) is 11.3 Å². The standard InChI is InChI=1S/C12H11Br2NO3S2/c13-8-3-6(9(14)20-8)10(16)15-7(12(17)18)4-19-11(15)5-1-2-5/h3,5,7,11H,1-2,4H2,(H,17,18). The summed E-state index contributed by atoms with van der Waals surface area (Å²) in [5.41, 5.74) is 0.543. The van der Waals surface area contributed by atoms with Crippen LogP contribution in [0.2, 0.25) is 0 Å². The molecule has 1 saturated carbocycles. The quantitative estimate of drug-likeness (QED) is 0.779. The fraction of sp³-hybridized carbons (Fsp3) is 0.500. The van der Waals surface area contributed by atoms with E-state index in [1.54, 1.807) is 22.7 Å². The summed E-state index contributed by atoms with van der Waals surface area (Å²) in [4.78, 5) is 25.7. The normalized spacial score (nSPS) is 26.0. The van der Waals surface area contributed by atoms with Crippen LogP contribution in [0.25, 0.3) is 0 Å². The number of nitrogens with zero attached hydrogens (tertiary/aromatic N) is 1. The minimum Gasteiger partial charge on any atom is -0.480 e. The van der Waals surface area contributed by atoms with Crippen LogP contribution in [0.5, 0.6) is 0 Å². The summed E-state index contributed by atoms with van der Waals surface area (Å²) in [5, 5.41) is 9.36. The predicted octanol–water partition coefficient (Wildman–Crippen LogP) is 3.65. The van der Waals surface area contributed by atoms with Gasteiger partial charge in [0.25, 0.3) is 5.91 Å². The first-order valence-corrected chi connectivity index (χ1v) is 9.56. The third-order valence-electron chi connectivity index (χ3n) is 3.47. The van der Waals surface area contributed by atoms with Crippen LogP contribution in [0.3, 0.4) is 0 Å². The number of carboxylic acids is 1. The van der Waals surface area contributed by atoms with Gasteiger partial charge in [-0.15, -0.1) is 23.1 Å². The van der Waals surface area contributed by atoms with Gasteiger partial charge in [-0.1, -0.05) is 0 Å². The minimum atomic E-state index is -0.917. The van der Waals surface area contributed by atoms with Crippen LogP contribution in [-0.2, 0) is 4.79 Å². The van der Waals surface area contributed by atoms with Gasteiger partial charge in [0, 0.05) is 5.75 Å². The molecule has 0 bridgehead atoms. The van der Waals surface area contributed by atoms with E-state index in [0.717, 1.165) is 20.4 Å². The molecule has 1 amide bonds. The fourth-order valence-corrected chi connectivity index (χ4v) is 6.75. The van der Waals surface area contributed by atoms with E-state index in [0.29, 0.717) is 17.2 Å². The number of carbonyl (C=O) groups is 2. The topological polar surface area (TPSA) is 57.6 Å². The van der Waals surface area contributed by atoms with E-state index in [1.807, 2.05) is 0 Å². The smallest absolute Gasteiger partial charge is 0.327 e. The predicted molar refractivity (Wildman–Crippen MR) is 86.3 cm³/mol. The van der Waals surface area contributed by atoms with Crippen LogP contribution in [0.15, 0.2) is 13.6 Å². The van der Waals surface area contributed by atoms with Gasteiger partial charge in [0.05, 0.1) is 18.5 Å². The van der Waals surface area contributed by atoms with Gasteiger partial charge < -0.3 is 10.0 Å². The highest BCUT2D eigenvalue weighted by Gasteiger charge is 2.48. The molecule has 20 heavy (non-hydrogen) atoms. The van der Waals surface area contributed by atoms with E-state index in [1.165, 1.54) is 11.3 Å². The Morgan fingerprint density at radius 2 is 2.05 bits per heavy atom. The van der Waals surface area contributed by atoms with E-state index in [4.69, 9.17) is 0 Å². The number of halogens is 2. The Bertz CT molecular complexity index is 573. The van der Waals surface area contributed by atoms with Gasteiger partial charge in [-0.25, -0.2) is 4.79 Å². The number of thioether (sulfide) groups is 1. The largest absolute Gasteiger partial charge is 0.480 e. The van der Waals surface area contributed by atoms with Crippen LogP contribution >= 0.6 is 55.0 Å². The lowest BCUT2D eigenvalue weighted by atomic mass is 10.2. The maximum atomic E-state index is 12.7. The average Bonchev–Trinajstić information content (AvgIpc) is 3.03. The summed E-state index contributed by atoms with van der Waals surface area (Å²) < 4.78 is 1.60. The summed E-state index contributed by atoms with van der Waals surface area (Å²) in [5.74, 6) is -0.174. The molecule has 1 aromatic heterocycles. The van der Waals surface area contributed by atoms with E-state index in [2.05, 4.69) is 31.9 Å². The Labute approximate surface area is 141 Å². The highest BCUT2D eigenvalue weighted by molar-refractivity contribution is 9.12. The molecule has 108 valence electrons. The third kappa shape index (κ3) is 2.67. The second-order valence-corrected chi connectivity index (χ2v) is 9.76. The van der Waals surface area contributed by atoms with Crippen molar-refractivity contribution in [1.29, 1.82) is 0 Å². The van der Waals surface area contributed by atoms with Gasteiger partial charge in [-0.2, -0.15) is 0 Å². The van der Waals surface area contributed by atoms with Crippen LogP contribution in [-0.4, -0.2) is 39.1 Å². The molecule has 1 aromatic rings. The van der Waals surface area contributed by atoms with Gasteiger partial charge in [0.1, 0.15) is 6.04 Å². The van der Waals surface area contributed by atoms with Crippen molar-refractivity contribution in [1.82, 2.24) is 4.90 Å². The molecule has 3 rings (SSSR count). The molecule has 0 aromatic carbocycles. The molecule has 1 N–H and O–H groups in total. The Morgan fingerprint density at radius 1 is 1.35 bits per heavy atom.